The molecule has 0 atom stereocenters. The number of carboxylic acids is 1. The van der Waals surface area contributed by atoms with Crippen molar-refractivity contribution in [1.82, 2.24) is 0 Å². The normalized spacial score (nSPS) is 10.1. The van der Waals surface area contributed by atoms with Gasteiger partial charge in [-0.15, -0.1) is 0 Å². The van der Waals surface area contributed by atoms with Crippen LogP contribution in [0.15, 0.2) is 42.5 Å². The SMILES string of the molecule is O=C(O)Cc1ccc(NC(=S)Nc2ccc(F)cc2F)cc1. The van der Waals surface area contributed by atoms with Gasteiger partial charge in [-0.25, -0.2) is 8.78 Å². The Labute approximate surface area is 130 Å². The summed E-state index contributed by atoms with van der Waals surface area (Å²) in [6.07, 6.45) is -0.0657. The van der Waals surface area contributed by atoms with Crippen molar-refractivity contribution < 1.29 is 18.7 Å². The van der Waals surface area contributed by atoms with Crippen LogP contribution in [-0.4, -0.2) is 16.2 Å². The zero-order chi connectivity index (χ0) is 16.1. The molecule has 0 heterocycles. The molecule has 0 spiro atoms. The minimum Gasteiger partial charge on any atom is -0.481 e. The molecule has 7 heteroatoms. The highest BCUT2D eigenvalue weighted by Crippen LogP contribution is 2.16. The Morgan fingerprint density at radius 2 is 1.77 bits per heavy atom. The molecule has 2 aromatic rings. The van der Waals surface area contributed by atoms with Crippen molar-refractivity contribution in [2.75, 3.05) is 10.6 Å². The van der Waals surface area contributed by atoms with Crippen molar-refractivity contribution in [3.05, 3.63) is 59.7 Å². The van der Waals surface area contributed by atoms with Crippen LogP contribution in [0.25, 0.3) is 0 Å². The molecule has 0 aromatic heterocycles. The maximum atomic E-state index is 13.5. The number of thiocarbonyl (C=S) groups is 1. The maximum Gasteiger partial charge on any atom is 0.307 e. The molecule has 0 saturated carbocycles. The summed E-state index contributed by atoms with van der Waals surface area (Å²) in [7, 11) is 0. The van der Waals surface area contributed by atoms with E-state index in [9.17, 15) is 13.6 Å². The van der Waals surface area contributed by atoms with Gasteiger partial charge in [-0.3, -0.25) is 4.79 Å². The van der Waals surface area contributed by atoms with Crippen molar-refractivity contribution in [3.8, 4) is 0 Å². The zero-order valence-electron chi connectivity index (χ0n) is 11.3. The average Bonchev–Trinajstić information content (AvgIpc) is 2.43. The van der Waals surface area contributed by atoms with Crippen molar-refractivity contribution in [2.24, 2.45) is 0 Å². The summed E-state index contributed by atoms with van der Waals surface area (Å²) in [6, 6.07) is 9.74. The Hall–Kier alpha value is -2.54. The van der Waals surface area contributed by atoms with Crippen LogP contribution in [0.3, 0.4) is 0 Å². The summed E-state index contributed by atoms with van der Waals surface area (Å²) in [5.41, 5.74) is 1.33. The first-order chi connectivity index (χ1) is 10.4. The lowest BCUT2D eigenvalue weighted by Crippen LogP contribution is -2.19. The highest BCUT2D eigenvalue weighted by Gasteiger charge is 2.06. The molecule has 0 radical (unpaired) electrons. The van der Waals surface area contributed by atoms with Crippen LogP contribution in [-0.2, 0) is 11.2 Å². The molecule has 114 valence electrons. The molecule has 2 rings (SSSR count). The van der Waals surface area contributed by atoms with Gasteiger partial charge in [0.05, 0.1) is 12.1 Å². The lowest BCUT2D eigenvalue weighted by molar-refractivity contribution is -0.136. The number of anilines is 2. The fourth-order valence-electron chi connectivity index (χ4n) is 1.76. The molecular formula is C15H12F2N2O2S. The van der Waals surface area contributed by atoms with Gasteiger partial charge in [0.1, 0.15) is 11.6 Å². The van der Waals surface area contributed by atoms with Gasteiger partial charge in [-0.2, -0.15) is 0 Å². The molecule has 0 bridgehead atoms. The van der Waals surface area contributed by atoms with E-state index in [4.69, 9.17) is 17.3 Å². The molecule has 0 saturated heterocycles. The van der Waals surface area contributed by atoms with Crippen molar-refractivity contribution >= 4 is 34.7 Å². The zero-order valence-corrected chi connectivity index (χ0v) is 12.1. The fraction of sp³-hybridized carbons (Fsp3) is 0.0667. The van der Waals surface area contributed by atoms with E-state index in [2.05, 4.69) is 10.6 Å². The molecule has 22 heavy (non-hydrogen) atoms. The van der Waals surface area contributed by atoms with E-state index >= 15 is 0 Å². The average molecular weight is 322 g/mol. The minimum absolute atomic E-state index is 0.0568. The summed E-state index contributed by atoms with van der Waals surface area (Å²) in [6.45, 7) is 0. The second kappa shape index (κ2) is 6.95. The Morgan fingerprint density at radius 1 is 1.09 bits per heavy atom. The Balaban J connectivity index is 1.98. The van der Waals surface area contributed by atoms with Gasteiger partial charge in [0.15, 0.2) is 5.11 Å². The van der Waals surface area contributed by atoms with Crippen LogP contribution >= 0.6 is 12.2 Å². The highest BCUT2D eigenvalue weighted by molar-refractivity contribution is 7.80. The van der Waals surface area contributed by atoms with Gasteiger partial charge in [-0.05, 0) is 42.0 Å². The third kappa shape index (κ3) is 4.49. The predicted molar refractivity (Wildman–Crippen MR) is 84.0 cm³/mol. The van der Waals surface area contributed by atoms with E-state index in [1.165, 1.54) is 6.07 Å². The smallest absolute Gasteiger partial charge is 0.307 e. The van der Waals surface area contributed by atoms with Gasteiger partial charge in [0, 0.05) is 11.8 Å². The standard InChI is InChI=1S/C15H12F2N2O2S/c16-10-3-6-13(12(17)8-10)19-15(22)18-11-4-1-9(2-5-11)7-14(20)21/h1-6,8H,7H2,(H,20,21)(H2,18,19,22). The third-order valence-electron chi connectivity index (χ3n) is 2.75. The third-order valence-corrected chi connectivity index (χ3v) is 2.95. The Kier molecular flexibility index (Phi) is 5.00. The molecular weight excluding hydrogens is 310 g/mol. The number of aliphatic carboxylic acids is 1. The summed E-state index contributed by atoms with van der Waals surface area (Å²) >= 11 is 5.04. The van der Waals surface area contributed by atoms with Crippen LogP contribution in [0.2, 0.25) is 0 Å². The molecule has 0 aliphatic carbocycles. The lowest BCUT2D eigenvalue weighted by atomic mass is 10.1. The monoisotopic (exact) mass is 322 g/mol. The van der Waals surface area contributed by atoms with Crippen molar-refractivity contribution in [1.29, 1.82) is 0 Å². The summed E-state index contributed by atoms with van der Waals surface area (Å²) in [5, 5.41) is 14.3. The maximum absolute atomic E-state index is 13.5. The van der Waals surface area contributed by atoms with Crippen molar-refractivity contribution in [2.45, 2.75) is 6.42 Å². The molecule has 0 fully saturated rings. The number of carbonyl (C=O) groups is 1. The molecule has 0 amide bonds. The summed E-state index contributed by atoms with van der Waals surface area (Å²) in [4.78, 5) is 10.6. The summed E-state index contributed by atoms with van der Waals surface area (Å²) in [5.74, 6) is -2.33. The molecule has 0 aliphatic rings. The topological polar surface area (TPSA) is 61.4 Å². The number of halogens is 2. The van der Waals surface area contributed by atoms with E-state index in [1.54, 1.807) is 24.3 Å². The number of carboxylic acid groups (broad SMARTS) is 1. The number of hydrogen-bond donors (Lipinski definition) is 3. The van der Waals surface area contributed by atoms with Crippen LogP contribution in [0, 0.1) is 11.6 Å². The first kappa shape index (κ1) is 15.8. The van der Waals surface area contributed by atoms with Crippen LogP contribution in [0.1, 0.15) is 5.56 Å². The Bertz CT molecular complexity index is 705. The van der Waals surface area contributed by atoms with Gasteiger partial charge < -0.3 is 15.7 Å². The van der Waals surface area contributed by atoms with Crippen LogP contribution in [0.5, 0.6) is 0 Å². The summed E-state index contributed by atoms with van der Waals surface area (Å²) < 4.78 is 26.3. The fourth-order valence-corrected chi connectivity index (χ4v) is 1.98. The van der Waals surface area contributed by atoms with E-state index in [1.807, 2.05) is 0 Å². The largest absolute Gasteiger partial charge is 0.481 e. The highest BCUT2D eigenvalue weighted by atomic mass is 32.1. The minimum atomic E-state index is -0.912. The number of hydrogen-bond acceptors (Lipinski definition) is 2. The van der Waals surface area contributed by atoms with E-state index in [-0.39, 0.29) is 17.2 Å². The van der Waals surface area contributed by atoms with Crippen LogP contribution in [0.4, 0.5) is 20.2 Å². The molecule has 2 aromatic carbocycles. The van der Waals surface area contributed by atoms with Gasteiger partial charge >= 0.3 is 5.97 Å². The molecule has 3 N–H and O–H groups in total. The molecule has 4 nitrogen and oxygen atoms in total. The van der Waals surface area contributed by atoms with E-state index in [0.29, 0.717) is 11.3 Å². The quantitative estimate of drug-likeness (QED) is 0.753. The van der Waals surface area contributed by atoms with E-state index in [0.717, 1.165) is 12.1 Å². The number of benzene rings is 2. The van der Waals surface area contributed by atoms with Gasteiger partial charge in [0.25, 0.3) is 0 Å². The van der Waals surface area contributed by atoms with Gasteiger partial charge in [0.2, 0.25) is 0 Å². The van der Waals surface area contributed by atoms with Crippen molar-refractivity contribution in [3.63, 3.8) is 0 Å². The molecule has 0 aliphatic heterocycles. The van der Waals surface area contributed by atoms with Gasteiger partial charge in [-0.1, -0.05) is 12.1 Å². The Morgan fingerprint density at radius 3 is 2.36 bits per heavy atom. The number of rotatable bonds is 4. The second-order valence-corrected chi connectivity index (χ2v) is 4.88. The van der Waals surface area contributed by atoms with Crippen LogP contribution < -0.4 is 10.6 Å². The second-order valence-electron chi connectivity index (χ2n) is 4.47. The molecule has 0 unspecified atom stereocenters. The first-order valence-electron chi connectivity index (χ1n) is 6.28. The van der Waals surface area contributed by atoms with E-state index < -0.39 is 17.6 Å². The lowest BCUT2D eigenvalue weighted by Gasteiger charge is -2.11. The number of nitrogens with one attached hydrogen (secondary N) is 2. The first-order valence-corrected chi connectivity index (χ1v) is 6.68. The predicted octanol–water partition coefficient (Wildman–Crippen LogP) is 3.40.